The van der Waals surface area contributed by atoms with Crippen LogP contribution in [0.25, 0.3) is 0 Å². The molecule has 0 saturated carbocycles. The van der Waals surface area contributed by atoms with E-state index in [9.17, 15) is 35.1 Å². The molecule has 1 aliphatic heterocycles. The fourth-order valence-electron chi connectivity index (χ4n) is 8.47. The molecule has 11 nitrogen and oxygen atoms in total. The Labute approximate surface area is 420 Å². The van der Waals surface area contributed by atoms with Crippen molar-refractivity contribution < 1.29 is 49.3 Å². The lowest BCUT2D eigenvalue weighted by Gasteiger charge is -2.41. The Morgan fingerprint density at radius 2 is 1.06 bits per heavy atom. The first-order valence-electron chi connectivity index (χ1n) is 28.1. The Bertz CT molecular complexity index is 1350. The molecule has 0 radical (unpaired) electrons. The highest BCUT2D eigenvalue weighted by molar-refractivity contribution is 5.80. The predicted octanol–water partition coefficient (Wildman–Crippen LogP) is 12.3. The summed E-state index contributed by atoms with van der Waals surface area (Å²) in [6, 6.07) is -1.03. The minimum atomic E-state index is -1.62. The normalized spacial score (nSPS) is 20.3. The highest BCUT2D eigenvalue weighted by atomic mass is 16.7. The molecule has 1 heterocycles. The van der Waals surface area contributed by atoms with Gasteiger partial charge in [-0.15, -0.1) is 0 Å². The third kappa shape index (κ3) is 35.2. The van der Waals surface area contributed by atoms with Crippen LogP contribution in [0.3, 0.4) is 0 Å². The molecule has 0 spiro atoms. The van der Waals surface area contributed by atoms with Gasteiger partial charge in [0.15, 0.2) is 12.4 Å². The van der Waals surface area contributed by atoms with Crippen molar-refractivity contribution in [3.8, 4) is 0 Å². The summed E-state index contributed by atoms with van der Waals surface area (Å²) < 4.78 is 17.5. The maximum absolute atomic E-state index is 13.4. The summed E-state index contributed by atoms with van der Waals surface area (Å²) >= 11 is 0. The largest absolute Gasteiger partial charge is 0.454 e. The zero-order valence-electron chi connectivity index (χ0n) is 43.9. The summed E-state index contributed by atoms with van der Waals surface area (Å²) in [4.78, 5) is 26.4. The van der Waals surface area contributed by atoms with Gasteiger partial charge in [-0.2, -0.15) is 0 Å². The number of carbonyl (C=O) groups is 2. The molecule has 400 valence electrons. The van der Waals surface area contributed by atoms with E-state index >= 15 is 0 Å². The van der Waals surface area contributed by atoms with Gasteiger partial charge in [-0.1, -0.05) is 216 Å². The van der Waals surface area contributed by atoms with Crippen LogP contribution >= 0.6 is 0 Å². The molecule has 0 aliphatic carbocycles. The summed E-state index contributed by atoms with van der Waals surface area (Å²) in [5.41, 5.74) is 0. The van der Waals surface area contributed by atoms with Crippen LogP contribution in [-0.2, 0) is 23.8 Å². The predicted molar refractivity (Wildman–Crippen MR) is 283 cm³/mol. The molecule has 1 saturated heterocycles. The molecular weight excluding hydrogens is 871 g/mol. The monoisotopic (exact) mass is 974 g/mol. The average Bonchev–Trinajstić information content (AvgIpc) is 3.34. The van der Waals surface area contributed by atoms with Gasteiger partial charge < -0.3 is 45.1 Å². The second-order valence-corrected chi connectivity index (χ2v) is 19.3. The van der Waals surface area contributed by atoms with Crippen LogP contribution in [0.4, 0.5) is 0 Å². The molecule has 6 N–H and O–H groups in total. The Balaban J connectivity index is 2.77. The molecule has 0 bridgehead atoms. The quantitative estimate of drug-likeness (QED) is 0.0149. The number of esters is 1. The Morgan fingerprint density at radius 3 is 1.61 bits per heavy atom. The van der Waals surface area contributed by atoms with Crippen LogP contribution in [0.15, 0.2) is 60.8 Å². The van der Waals surface area contributed by atoms with Gasteiger partial charge in [0.2, 0.25) is 5.91 Å². The number of hydrogen-bond donors (Lipinski definition) is 6. The average molecular weight is 974 g/mol. The third-order valence-corrected chi connectivity index (χ3v) is 13.0. The van der Waals surface area contributed by atoms with E-state index < -0.39 is 67.4 Å². The minimum Gasteiger partial charge on any atom is -0.454 e. The number of aliphatic hydroxyl groups excluding tert-OH is 5. The SMILES string of the molecule is CC/C=C/C=C/C=C\CCCCCCCC(=O)OC1C(OCC(NC(=O)C(O)CCCCCCCC/C=C\CCCCCC)C(O)/C=C/CCCCCCCCCCCCC)OC(CO)C(O)C1O. The molecule has 69 heavy (non-hydrogen) atoms. The van der Waals surface area contributed by atoms with Crippen molar-refractivity contribution in [2.24, 2.45) is 0 Å². The van der Waals surface area contributed by atoms with Gasteiger partial charge in [-0.25, -0.2) is 0 Å². The van der Waals surface area contributed by atoms with E-state index in [2.05, 4.69) is 56.5 Å². The molecule has 11 heteroatoms. The third-order valence-electron chi connectivity index (χ3n) is 13.0. The van der Waals surface area contributed by atoms with E-state index in [4.69, 9.17) is 14.2 Å². The molecule has 1 rings (SSSR count). The Kier molecular flexibility index (Phi) is 43.3. The molecule has 1 amide bonds. The van der Waals surface area contributed by atoms with E-state index in [0.29, 0.717) is 12.8 Å². The number of rotatable bonds is 46. The summed E-state index contributed by atoms with van der Waals surface area (Å²) in [7, 11) is 0. The van der Waals surface area contributed by atoms with E-state index in [1.807, 2.05) is 24.3 Å². The van der Waals surface area contributed by atoms with Crippen LogP contribution in [0.5, 0.6) is 0 Å². The zero-order valence-corrected chi connectivity index (χ0v) is 43.9. The lowest BCUT2D eigenvalue weighted by molar-refractivity contribution is -0.305. The lowest BCUT2D eigenvalue weighted by Crippen LogP contribution is -2.61. The van der Waals surface area contributed by atoms with Gasteiger partial charge in [0.1, 0.15) is 24.4 Å². The van der Waals surface area contributed by atoms with E-state index in [1.165, 1.54) is 96.3 Å². The fraction of sp³-hybridized carbons (Fsp3) is 0.793. The number of carbonyl (C=O) groups excluding carboxylic acids is 2. The van der Waals surface area contributed by atoms with Crippen molar-refractivity contribution in [2.75, 3.05) is 13.2 Å². The van der Waals surface area contributed by atoms with Gasteiger partial charge in [-0.3, -0.25) is 9.59 Å². The highest BCUT2D eigenvalue weighted by Gasteiger charge is 2.47. The minimum absolute atomic E-state index is 0.0988. The Hall–Kier alpha value is -2.64. The van der Waals surface area contributed by atoms with Crippen LogP contribution in [0, 0.1) is 0 Å². The van der Waals surface area contributed by atoms with Crippen LogP contribution in [-0.4, -0.2) is 99.6 Å². The lowest BCUT2D eigenvalue weighted by atomic mass is 9.99. The van der Waals surface area contributed by atoms with Crippen molar-refractivity contribution >= 4 is 11.9 Å². The molecule has 0 aromatic rings. The summed E-state index contributed by atoms with van der Waals surface area (Å²) in [5, 5.41) is 56.7. The van der Waals surface area contributed by atoms with Crippen LogP contribution in [0.1, 0.15) is 233 Å². The second-order valence-electron chi connectivity index (χ2n) is 19.3. The molecule has 1 aliphatic rings. The van der Waals surface area contributed by atoms with Crippen molar-refractivity contribution in [3.63, 3.8) is 0 Å². The van der Waals surface area contributed by atoms with Gasteiger partial charge in [0, 0.05) is 6.42 Å². The van der Waals surface area contributed by atoms with Gasteiger partial charge in [0.05, 0.1) is 25.4 Å². The van der Waals surface area contributed by atoms with Crippen molar-refractivity contribution in [1.29, 1.82) is 0 Å². The first-order valence-corrected chi connectivity index (χ1v) is 28.1. The number of aliphatic hydroxyl groups is 5. The molecule has 0 aromatic carbocycles. The van der Waals surface area contributed by atoms with Gasteiger partial charge in [0.25, 0.3) is 0 Å². The first-order chi connectivity index (χ1) is 33.7. The molecule has 8 atom stereocenters. The smallest absolute Gasteiger partial charge is 0.306 e. The Morgan fingerprint density at radius 1 is 0.580 bits per heavy atom. The van der Waals surface area contributed by atoms with Crippen LogP contribution < -0.4 is 5.32 Å². The summed E-state index contributed by atoms with van der Waals surface area (Å²) in [5.74, 6) is -1.22. The molecule has 1 fully saturated rings. The second kappa shape index (κ2) is 46.4. The molecular formula is C58H103NO10. The van der Waals surface area contributed by atoms with Crippen molar-refractivity contribution in [2.45, 2.75) is 282 Å². The molecule has 8 unspecified atom stereocenters. The number of allylic oxidation sites excluding steroid dienone is 9. The van der Waals surface area contributed by atoms with Gasteiger partial charge in [-0.05, 0) is 70.6 Å². The van der Waals surface area contributed by atoms with E-state index in [-0.39, 0.29) is 19.4 Å². The zero-order chi connectivity index (χ0) is 50.4. The maximum atomic E-state index is 13.4. The fourth-order valence-corrected chi connectivity index (χ4v) is 8.47. The van der Waals surface area contributed by atoms with E-state index in [1.54, 1.807) is 6.08 Å². The van der Waals surface area contributed by atoms with Crippen LogP contribution in [0.2, 0.25) is 0 Å². The number of hydrogen-bond acceptors (Lipinski definition) is 10. The maximum Gasteiger partial charge on any atom is 0.306 e. The number of nitrogens with one attached hydrogen (secondary N) is 1. The van der Waals surface area contributed by atoms with Crippen molar-refractivity contribution in [3.05, 3.63) is 60.8 Å². The summed E-state index contributed by atoms with van der Waals surface area (Å²) in [6.07, 6.45) is 45.5. The number of ether oxygens (including phenoxy) is 3. The topological polar surface area (TPSA) is 175 Å². The van der Waals surface area contributed by atoms with Crippen molar-refractivity contribution in [1.82, 2.24) is 5.32 Å². The van der Waals surface area contributed by atoms with E-state index in [0.717, 1.165) is 89.9 Å². The van der Waals surface area contributed by atoms with Gasteiger partial charge >= 0.3 is 5.97 Å². The first kappa shape index (κ1) is 64.4. The number of amides is 1. The standard InChI is InChI=1S/C58H103NO10/c1-4-7-10-13-16-19-22-25-28-30-33-36-39-42-45-51(62)57(66)59-49(50(61)44-41-38-35-32-29-26-23-20-17-14-11-8-5-2)48-67-58-56(55(65)54(64)52(47-60)68-58)69-53(63)46-43-40-37-34-31-27-24-21-18-15-12-9-6-3/h9,12,15,18-19,21-22,24,41,44,49-52,54-56,58,60-62,64-65H,4-8,10-11,13-14,16-17,20,23,25-40,42-43,45-48H2,1-3H3,(H,59,66)/b12-9+,18-15+,22-19-,24-21-,44-41+. The number of unbranched alkanes of at least 4 members (excludes halogenated alkanes) is 26. The summed E-state index contributed by atoms with van der Waals surface area (Å²) in [6.45, 7) is 5.61. The molecule has 0 aromatic heterocycles. The highest BCUT2D eigenvalue weighted by Crippen LogP contribution is 2.26.